The first kappa shape index (κ1) is 22.4. The Kier molecular flexibility index (Phi) is 8.16. The summed E-state index contributed by atoms with van der Waals surface area (Å²) in [5.41, 5.74) is 11.0. The number of carboxylic acids is 1. The smallest absolute Gasteiger partial charge is 0.322 e. The minimum atomic E-state index is -1.33. The number of likely N-dealkylation sites (tertiary alicyclic amines) is 1. The lowest BCUT2D eigenvalue weighted by atomic mass is 10.0. The van der Waals surface area contributed by atoms with Crippen molar-refractivity contribution in [2.75, 3.05) is 13.1 Å². The van der Waals surface area contributed by atoms with Gasteiger partial charge in [0.1, 0.15) is 18.6 Å². The van der Waals surface area contributed by atoms with Crippen LogP contribution in [0.5, 0.6) is 0 Å². The van der Waals surface area contributed by atoms with Crippen molar-refractivity contribution in [2.24, 2.45) is 17.4 Å². The van der Waals surface area contributed by atoms with Crippen LogP contribution in [0.2, 0.25) is 0 Å². The molecular weight excluding hydrogens is 358 g/mol. The van der Waals surface area contributed by atoms with Gasteiger partial charge in [0.2, 0.25) is 23.6 Å². The van der Waals surface area contributed by atoms with Gasteiger partial charge in [-0.2, -0.15) is 0 Å². The van der Waals surface area contributed by atoms with E-state index in [1.807, 2.05) is 0 Å². The van der Waals surface area contributed by atoms with Crippen LogP contribution in [0.15, 0.2) is 0 Å². The first-order chi connectivity index (χ1) is 12.5. The first-order valence-corrected chi connectivity index (χ1v) is 8.68. The van der Waals surface area contributed by atoms with Crippen LogP contribution in [0.1, 0.15) is 33.1 Å². The number of nitrogens with two attached hydrogens (primary N) is 2. The summed E-state index contributed by atoms with van der Waals surface area (Å²) in [5, 5.41) is 13.1. The number of aliphatic carboxylic acids is 1. The number of primary amides is 1. The van der Waals surface area contributed by atoms with Crippen molar-refractivity contribution in [2.45, 2.75) is 51.2 Å². The quantitative estimate of drug-likeness (QED) is 0.291. The molecule has 0 bridgehead atoms. The molecule has 1 aliphatic heterocycles. The Labute approximate surface area is 156 Å². The largest absolute Gasteiger partial charge is 0.480 e. The van der Waals surface area contributed by atoms with Gasteiger partial charge in [-0.25, -0.2) is 0 Å². The normalized spacial score (nSPS) is 18.7. The van der Waals surface area contributed by atoms with Crippen molar-refractivity contribution in [1.82, 2.24) is 15.5 Å². The van der Waals surface area contributed by atoms with Crippen LogP contribution in [0.4, 0.5) is 0 Å². The van der Waals surface area contributed by atoms with E-state index >= 15 is 0 Å². The summed E-state index contributed by atoms with van der Waals surface area (Å²) in [6.45, 7) is 3.29. The molecule has 4 amide bonds. The van der Waals surface area contributed by atoms with E-state index in [1.54, 1.807) is 13.8 Å². The van der Waals surface area contributed by atoms with E-state index in [2.05, 4.69) is 10.6 Å². The Balaban J connectivity index is 2.83. The summed E-state index contributed by atoms with van der Waals surface area (Å²) in [5.74, 6) is -4.04. The number of carbonyl (C=O) groups is 5. The number of nitrogens with zero attached hydrogens (tertiary/aromatic N) is 1. The molecule has 1 rings (SSSR count). The fourth-order valence-electron chi connectivity index (χ4n) is 2.74. The van der Waals surface area contributed by atoms with Gasteiger partial charge in [0, 0.05) is 6.54 Å². The molecule has 1 heterocycles. The second-order valence-electron chi connectivity index (χ2n) is 6.80. The zero-order chi connectivity index (χ0) is 20.7. The second-order valence-corrected chi connectivity index (χ2v) is 6.80. The van der Waals surface area contributed by atoms with Crippen molar-refractivity contribution >= 4 is 29.6 Å². The average Bonchev–Trinajstić information content (AvgIpc) is 3.06. The molecule has 0 saturated carbocycles. The fraction of sp³-hybridized carbons (Fsp3) is 0.688. The van der Waals surface area contributed by atoms with E-state index in [0.717, 1.165) is 0 Å². The van der Waals surface area contributed by atoms with Crippen LogP contribution in [-0.2, 0) is 24.0 Å². The molecule has 1 aliphatic rings. The molecule has 27 heavy (non-hydrogen) atoms. The predicted molar refractivity (Wildman–Crippen MR) is 93.9 cm³/mol. The van der Waals surface area contributed by atoms with E-state index in [9.17, 15) is 24.0 Å². The lowest BCUT2D eigenvalue weighted by Crippen LogP contribution is -2.56. The number of nitrogens with one attached hydrogen (secondary N) is 2. The van der Waals surface area contributed by atoms with Gasteiger partial charge in [0.15, 0.2) is 0 Å². The highest BCUT2D eigenvalue weighted by Crippen LogP contribution is 2.20. The van der Waals surface area contributed by atoms with E-state index < -0.39 is 54.8 Å². The topological polar surface area (TPSA) is 185 Å². The molecule has 152 valence electrons. The van der Waals surface area contributed by atoms with Gasteiger partial charge in [0.05, 0.1) is 12.5 Å². The zero-order valence-corrected chi connectivity index (χ0v) is 15.4. The molecule has 0 aliphatic carbocycles. The Morgan fingerprint density at radius 1 is 1.22 bits per heavy atom. The molecule has 3 unspecified atom stereocenters. The van der Waals surface area contributed by atoms with Gasteiger partial charge in [-0.1, -0.05) is 13.8 Å². The van der Waals surface area contributed by atoms with Crippen LogP contribution in [0.3, 0.4) is 0 Å². The van der Waals surface area contributed by atoms with Crippen molar-refractivity contribution in [3.8, 4) is 0 Å². The molecule has 0 spiro atoms. The van der Waals surface area contributed by atoms with Crippen molar-refractivity contribution in [3.63, 3.8) is 0 Å². The summed E-state index contributed by atoms with van der Waals surface area (Å²) in [6, 6.07) is -2.89. The van der Waals surface area contributed by atoms with Gasteiger partial charge >= 0.3 is 5.97 Å². The highest BCUT2D eigenvalue weighted by Gasteiger charge is 2.38. The third-order valence-corrected chi connectivity index (χ3v) is 4.29. The van der Waals surface area contributed by atoms with E-state index in [-0.39, 0.29) is 11.8 Å². The maximum Gasteiger partial charge on any atom is 0.322 e. The summed E-state index contributed by atoms with van der Waals surface area (Å²) >= 11 is 0. The van der Waals surface area contributed by atoms with Gasteiger partial charge in [-0.3, -0.25) is 24.0 Å². The fourth-order valence-corrected chi connectivity index (χ4v) is 2.74. The minimum absolute atomic E-state index is 0.105. The summed E-state index contributed by atoms with van der Waals surface area (Å²) in [7, 11) is 0. The van der Waals surface area contributed by atoms with Crippen LogP contribution >= 0.6 is 0 Å². The molecule has 0 aromatic rings. The predicted octanol–water partition coefficient (Wildman–Crippen LogP) is -2.48. The number of rotatable bonds is 9. The van der Waals surface area contributed by atoms with Gasteiger partial charge in [0.25, 0.3) is 0 Å². The van der Waals surface area contributed by atoms with Crippen molar-refractivity contribution in [3.05, 3.63) is 0 Å². The highest BCUT2D eigenvalue weighted by molar-refractivity contribution is 5.95. The van der Waals surface area contributed by atoms with Crippen LogP contribution in [0.25, 0.3) is 0 Å². The number of hydrogen-bond donors (Lipinski definition) is 5. The van der Waals surface area contributed by atoms with Crippen molar-refractivity contribution < 1.29 is 29.1 Å². The molecule has 1 fully saturated rings. The molecule has 7 N–H and O–H groups in total. The lowest BCUT2D eigenvalue weighted by molar-refractivity contribution is -0.142. The molecule has 0 aromatic heterocycles. The molecule has 11 nitrogen and oxygen atoms in total. The number of hydrogen-bond acceptors (Lipinski definition) is 6. The molecule has 0 radical (unpaired) electrons. The summed E-state index contributed by atoms with van der Waals surface area (Å²) < 4.78 is 0. The van der Waals surface area contributed by atoms with E-state index in [0.29, 0.717) is 19.4 Å². The Morgan fingerprint density at radius 3 is 2.37 bits per heavy atom. The third kappa shape index (κ3) is 6.51. The molecule has 11 heteroatoms. The number of carbonyl (C=O) groups excluding carboxylic acids is 4. The molecular formula is C16H27N5O6. The van der Waals surface area contributed by atoms with Gasteiger partial charge < -0.3 is 32.1 Å². The Morgan fingerprint density at radius 2 is 1.85 bits per heavy atom. The van der Waals surface area contributed by atoms with Gasteiger partial charge in [-0.15, -0.1) is 0 Å². The maximum atomic E-state index is 12.6. The minimum Gasteiger partial charge on any atom is -0.480 e. The Hall–Kier alpha value is -2.69. The third-order valence-electron chi connectivity index (χ3n) is 4.29. The number of amides is 4. The first-order valence-electron chi connectivity index (χ1n) is 8.68. The molecule has 1 saturated heterocycles. The highest BCUT2D eigenvalue weighted by atomic mass is 16.4. The second kappa shape index (κ2) is 9.86. The summed E-state index contributed by atoms with van der Waals surface area (Å²) in [4.78, 5) is 60.2. The average molecular weight is 385 g/mol. The van der Waals surface area contributed by atoms with Crippen molar-refractivity contribution in [1.29, 1.82) is 0 Å². The standard InChI is InChI=1S/C16H27N5O6/c1-8(2)13(18)16(27)21-5-3-4-10(21)15(26)20-9(6-11(17)22)14(25)19-7-12(23)24/h8-10,13H,3-7,18H2,1-2H3,(H2,17,22)(H,19,25)(H,20,26)(H,23,24). The van der Waals surface area contributed by atoms with E-state index in [1.165, 1.54) is 4.90 Å². The SMILES string of the molecule is CC(C)C(N)C(=O)N1CCCC1C(=O)NC(CC(N)=O)C(=O)NCC(=O)O. The molecule has 0 aromatic carbocycles. The monoisotopic (exact) mass is 385 g/mol. The number of carboxylic acid groups (broad SMARTS) is 1. The maximum absolute atomic E-state index is 12.6. The van der Waals surface area contributed by atoms with E-state index in [4.69, 9.17) is 16.6 Å². The van der Waals surface area contributed by atoms with Crippen LogP contribution in [0, 0.1) is 5.92 Å². The van der Waals surface area contributed by atoms with Crippen LogP contribution in [-0.4, -0.2) is 70.8 Å². The lowest BCUT2D eigenvalue weighted by Gasteiger charge is -2.29. The summed E-state index contributed by atoms with van der Waals surface area (Å²) in [6.07, 6.45) is 0.492. The van der Waals surface area contributed by atoms with Crippen LogP contribution < -0.4 is 22.1 Å². The zero-order valence-electron chi connectivity index (χ0n) is 15.4. The molecule has 3 atom stereocenters. The Bertz CT molecular complexity index is 608. The van der Waals surface area contributed by atoms with Gasteiger partial charge in [-0.05, 0) is 18.8 Å².